The van der Waals surface area contributed by atoms with E-state index < -0.39 is 11.7 Å². The summed E-state index contributed by atoms with van der Waals surface area (Å²) in [7, 11) is 0. The van der Waals surface area contributed by atoms with Crippen LogP contribution >= 0.6 is 11.6 Å². The summed E-state index contributed by atoms with van der Waals surface area (Å²) >= 11 is 6.02. The number of nitrogens with zero attached hydrogens (tertiary/aromatic N) is 3. The van der Waals surface area contributed by atoms with Crippen molar-refractivity contribution in [3.05, 3.63) is 46.0 Å². The van der Waals surface area contributed by atoms with Gasteiger partial charge in [-0.1, -0.05) is 11.6 Å². The minimum absolute atomic E-state index is 0.0944. The minimum Gasteiger partial charge on any atom is -0.394 e. The van der Waals surface area contributed by atoms with Gasteiger partial charge in [-0.2, -0.15) is 5.10 Å². The topological polar surface area (TPSA) is 96.7 Å². The first-order valence-electron chi connectivity index (χ1n) is 9.82. The maximum absolute atomic E-state index is 14.4. The monoisotopic (exact) mass is 436 g/mol. The first kappa shape index (κ1) is 20.8. The first-order chi connectivity index (χ1) is 14.5. The van der Waals surface area contributed by atoms with Crippen molar-refractivity contribution in [2.24, 2.45) is 0 Å². The third kappa shape index (κ3) is 3.92. The van der Waals surface area contributed by atoms with Crippen LogP contribution in [0.15, 0.2) is 18.2 Å². The van der Waals surface area contributed by atoms with Gasteiger partial charge in [-0.25, -0.2) is 9.07 Å². The van der Waals surface area contributed by atoms with Crippen LogP contribution in [0.3, 0.4) is 0 Å². The number of ether oxygens (including phenoxy) is 1. The molecule has 30 heavy (non-hydrogen) atoms. The second-order valence-corrected chi connectivity index (χ2v) is 7.77. The van der Waals surface area contributed by atoms with Gasteiger partial charge in [-0.15, -0.1) is 0 Å². The molecule has 1 fully saturated rings. The molecule has 2 aliphatic rings. The second-order valence-electron chi connectivity index (χ2n) is 7.33. The molecular formula is C20H22ClFN4O4. The summed E-state index contributed by atoms with van der Waals surface area (Å²) in [6, 6.07) is 3.93. The fourth-order valence-electron chi connectivity index (χ4n) is 3.96. The van der Waals surface area contributed by atoms with E-state index in [9.17, 15) is 19.1 Å². The van der Waals surface area contributed by atoms with E-state index in [2.05, 4.69) is 10.4 Å². The number of fused-ring (bicyclic) bond motifs is 1. The molecular weight excluding hydrogens is 415 g/mol. The molecule has 0 bridgehead atoms. The number of hydrogen-bond donors (Lipinski definition) is 2. The third-order valence-electron chi connectivity index (χ3n) is 5.48. The van der Waals surface area contributed by atoms with Crippen LogP contribution in [0, 0.1) is 5.82 Å². The lowest BCUT2D eigenvalue weighted by molar-refractivity contribution is -0.131. The van der Waals surface area contributed by atoms with Gasteiger partial charge in [-0.05, 0) is 31.0 Å². The normalized spacial score (nSPS) is 18.4. The highest BCUT2D eigenvalue weighted by Gasteiger charge is 2.30. The Bertz CT molecular complexity index is 980. The van der Waals surface area contributed by atoms with Crippen LogP contribution in [0.2, 0.25) is 5.02 Å². The van der Waals surface area contributed by atoms with Gasteiger partial charge in [-0.3, -0.25) is 9.59 Å². The van der Waals surface area contributed by atoms with E-state index in [0.717, 1.165) is 12.8 Å². The van der Waals surface area contributed by atoms with Crippen molar-refractivity contribution in [3.8, 4) is 5.69 Å². The van der Waals surface area contributed by atoms with Crippen LogP contribution in [0.25, 0.3) is 5.69 Å². The lowest BCUT2D eigenvalue weighted by Crippen LogP contribution is -2.44. The van der Waals surface area contributed by atoms with Crippen LogP contribution in [-0.2, 0) is 22.6 Å². The van der Waals surface area contributed by atoms with Crippen molar-refractivity contribution in [2.45, 2.75) is 31.9 Å². The van der Waals surface area contributed by atoms with Crippen molar-refractivity contribution in [2.75, 3.05) is 26.3 Å². The maximum atomic E-state index is 14.4. The molecule has 8 nitrogen and oxygen atoms in total. The second kappa shape index (κ2) is 8.71. The zero-order valence-corrected chi connectivity index (χ0v) is 17.0. The molecule has 3 heterocycles. The Morgan fingerprint density at radius 2 is 2.23 bits per heavy atom. The van der Waals surface area contributed by atoms with Gasteiger partial charge < -0.3 is 20.1 Å². The highest BCUT2D eigenvalue weighted by Crippen LogP contribution is 2.27. The number of hydrogen-bond acceptors (Lipinski definition) is 5. The highest BCUT2D eigenvalue weighted by molar-refractivity contribution is 6.30. The number of carbonyl (C=O) groups excluding carboxylic acids is 2. The summed E-state index contributed by atoms with van der Waals surface area (Å²) in [6.07, 6.45) is 2.04. The van der Waals surface area contributed by atoms with Gasteiger partial charge in [0.15, 0.2) is 5.69 Å². The van der Waals surface area contributed by atoms with Crippen molar-refractivity contribution in [1.29, 1.82) is 0 Å². The van der Waals surface area contributed by atoms with Gasteiger partial charge in [0, 0.05) is 23.6 Å². The van der Waals surface area contributed by atoms with Crippen LogP contribution in [0.5, 0.6) is 0 Å². The van der Waals surface area contributed by atoms with E-state index in [4.69, 9.17) is 16.3 Å². The van der Waals surface area contributed by atoms with Gasteiger partial charge in [0.05, 0.1) is 38.1 Å². The van der Waals surface area contributed by atoms with Gasteiger partial charge >= 0.3 is 0 Å². The number of nitrogens with one attached hydrogen (secondary N) is 1. The summed E-state index contributed by atoms with van der Waals surface area (Å²) in [5, 5.41) is 16.7. The van der Waals surface area contributed by atoms with Crippen LogP contribution in [-0.4, -0.2) is 63.9 Å². The number of halogens is 2. The third-order valence-corrected chi connectivity index (χ3v) is 5.71. The molecule has 1 aromatic heterocycles. The Labute approximate surface area is 177 Å². The quantitative estimate of drug-likeness (QED) is 0.739. The molecule has 2 N–H and O–H groups in total. The summed E-state index contributed by atoms with van der Waals surface area (Å²) < 4.78 is 21.3. The number of rotatable bonds is 5. The summed E-state index contributed by atoms with van der Waals surface area (Å²) in [4.78, 5) is 26.8. The molecule has 1 unspecified atom stereocenters. The van der Waals surface area contributed by atoms with E-state index in [1.165, 1.54) is 22.9 Å². The molecule has 4 rings (SSSR count). The SMILES string of the molecule is O=C(NCC(=O)N1CCCC1CO)c1nn(-c2cc(Cl)ccc2F)c2c1COCC2. The number of carbonyl (C=O) groups is 2. The molecule has 0 saturated carbocycles. The van der Waals surface area contributed by atoms with Crippen molar-refractivity contribution in [3.63, 3.8) is 0 Å². The average Bonchev–Trinajstić information content (AvgIpc) is 3.38. The number of likely N-dealkylation sites (tertiary alicyclic amines) is 1. The van der Waals surface area contributed by atoms with E-state index >= 15 is 0 Å². The van der Waals surface area contributed by atoms with Crippen molar-refractivity contribution < 1.29 is 23.8 Å². The van der Waals surface area contributed by atoms with Crippen molar-refractivity contribution >= 4 is 23.4 Å². The largest absolute Gasteiger partial charge is 0.394 e. The van der Waals surface area contributed by atoms with Crippen LogP contribution in [0.4, 0.5) is 4.39 Å². The predicted molar refractivity (Wildman–Crippen MR) is 106 cm³/mol. The van der Waals surface area contributed by atoms with Gasteiger partial charge in [0.2, 0.25) is 5.91 Å². The Morgan fingerprint density at radius 3 is 3.03 bits per heavy atom. The van der Waals surface area contributed by atoms with Gasteiger partial charge in [0.1, 0.15) is 11.5 Å². The van der Waals surface area contributed by atoms with E-state index in [1.54, 1.807) is 4.90 Å². The molecule has 0 aliphatic carbocycles. The lowest BCUT2D eigenvalue weighted by Gasteiger charge is -2.23. The molecule has 160 valence electrons. The molecule has 2 aliphatic heterocycles. The van der Waals surface area contributed by atoms with Crippen molar-refractivity contribution in [1.82, 2.24) is 20.0 Å². The maximum Gasteiger partial charge on any atom is 0.272 e. The molecule has 1 saturated heterocycles. The van der Waals surface area contributed by atoms with E-state index in [-0.39, 0.29) is 43.1 Å². The minimum atomic E-state index is -0.536. The van der Waals surface area contributed by atoms with E-state index in [0.29, 0.717) is 35.9 Å². The molecule has 1 atom stereocenters. The lowest BCUT2D eigenvalue weighted by atomic mass is 10.1. The highest BCUT2D eigenvalue weighted by atomic mass is 35.5. The molecule has 0 spiro atoms. The number of aliphatic hydroxyl groups is 1. The average molecular weight is 437 g/mol. The Kier molecular flexibility index (Phi) is 6.03. The molecule has 10 heteroatoms. The zero-order chi connectivity index (χ0) is 21.3. The summed E-state index contributed by atoms with van der Waals surface area (Å²) in [5.41, 5.74) is 1.49. The fraction of sp³-hybridized carbons (Fsp3) is 0.450. The van der Waals surface area contributed by atoms with Crippen LogP contribution in [0.1, 0.15) is 34.6 Å². The summed E-state index contributed by atoms with van der Waals surface area (Å²) in [6.45, 7) is 0.861. The molecule has 2 aromatic rings. The van der Waals surface area contributed by atoms with E-state index in [1.807, 2.05) is 0 Å². The zero-order valence-electron chi connectivity index (χ0n) is 16.2. The Morgan fingerprint density at radius 1 is 1.40 bits per heavy atom. The number of amides is 2. The number of aliphatic hydroxyl groups excluding tert-OH is 1. The summed E-state index contributed by atoms with van der Waals surface area (Å²) in [5.74, 6) is -1.31. The van der Waals surface area contributed by atoms with Crippen LogP contribution < -0.4 is 5.32 Å². The Balaban J connectivity index is 1.57. The standard InChI is InChI=1S/C20H22ClFN4O4/c21-12-3-4-15(22)17(8-12)26-16-5-7-30-11-14(16)19(24-26)20(29)23-9-18(28)25-6-1-2-13(25)10-27/h3-4,8,13,27H,1-2,5-7,9-11H2,(H,23,29). The fourth-order valence-corrected chi connectivity index (χ4v) is 4.13. The number of benzene rings is 1. The first-order valence-corrected chi connectivity index (χ1v) is 10.2. The molecule has 2 amide bonds. The number of aromatic nitrogens is 2. The smallest absolute Gasteiger partial charge is 0.272 e. The Hall–Kier alpha value is -2.49. The molecule has 1 aromatic carbocycles. The molecule has 0 radical (unpaired) electrons. The van der Waals surface area contributed by atoms with Gasteiger partial charge in [0.25, 0.3) is 5.91 Å². The predicted octanol–water partition coefficient (Wildman–Crippen LogP) is 1.45.